The van der Waals surface area contributed by atoms with Crippen LogP contribution in [0.3, 0.4) is 0 Å². The van der Waals surface area contributed by atoms with Gasteiger partial charge in [0.15, 0.2) is 0 Å². The molecule has 2 nitrogen and oxygen atoms in total. The molecule has 0 amide bonds. The molecule has 3 heteroatoms. The average Bonchev–Trinajstić information content (AvgIpc) is 1.64. The summed E-state index contributed by atoms with van der Waals surface area (Å²) < 4.78 is 1.51. The van der Waals surface area contributed by atoms with Crippen molar-refractivity contribution in [3.63, 3.8) is 0 Å². The van der Waals surface area contributed by atoms with Gasteiger partial charge in [-0.1, -0.05) is 501 Å². The van der Waals surface area contributed by atoms with Crippen molar-refractivity contribution in [3.8, 4) is 0 Å². The fourth-order valence-electron chi connectivity index (χ4n) is 15.8. The van der Waals surface area contributed by atoms with Crippen molar-refractivity contribution in [2.45, 2.75) is 529 Å². The minimum absolute atomic E-state index is 0. The Morgan fingerprint density at radius 1 is 0.286 bits per heavy atom. The van der Waals surface area contributed by atoms with Crippen LogP contribution in [-0.4, -0.2) is 4.70 Å². The molecule has 3 rings (SSSR count). The molecule has 0 fully saturated rings. The first kappa shape index (κ1) is 103. The predicted octanol–water partition coefficient (Wildman–Crippen LogP) is 37.1. The molecule has 0 radical (unpaired) electrons. The maximum atomic E-state index is 11.8. The van der Waals surface area contributed by atoms with E-state index in [1.807, 2.05) is 0 Å². The Bertz CT molecular complexity index is 2060. The second-order valence-electron chi connectivity index (χ2n) is 33.1. The third-order valence-corrected chi connectivity index (χ3v) is 22.8. The topological polar surface area (TPSA) is 25.3 Å². The number of aryl methyl sites for hydroxylation is 2. The third kappa shape index (κ3) is 67.2. The van der Waals surface area contributed by atoms with E-state index < -0.39 is 0 Å². The molecule has 0 saturated heterocycles. The van der Waals surface area contributed by atoms with Crippen LogP contribution < -0.4 is 0 Å². The van der Waals surface area contributed by atoms with E-state index in [2.05, 4.69) is 115 Å². The molecule has 0 aliphatic carbocycles. The molecule has 2 aromatic rings. The summed E-state index contributed by atoms with van der Waals surface area (Å²) in [7, 11) is 0. The molecule has 0 N–H and O–H groups in total. The third-order valence-electron chi connectivity index (χ3n) is 22.8. The molecular weight excluding hydrogens is 1310 g/mol. The zero-order valence-electron chi connectivity index (χ0n) is 71.9. The van der Waals surface area contributed by atoms with Gasteiger partial charge in [0, 0.05) is 22.8 Å². The van der Waals surface area contributed by atoms with Gasteiger partial charge >= 0.3 is 16.5 Å². The van der Waals surface area contributed by atoms with E-state index in [-0.39, 0.29) is 16.5 Å². The van der Waals surface area contributed by atoms with Crippen LogP contribution in [0.2, 0.25) is 0 Å². The van der Waals surface area contributed by atoms with Crippen LogP contribution in [-0.2, 0) is 29.3 Å². The van der Waals surface area contributed by atoms with E-state index in [9.17, 15) is 5.53 Å². The Morgan fingerprint density at radius 2 is 0.571 bits per heavy atom. The number of allylic oxidation sites excluding steroid dienone is 4. The van der Waals surface area contributed by atoms with Crippen molar-refractivity contribution in [3.05, 3.63) is 114 Å². The Labute approximate surface area is 671 Å². The molecule has 0 atom stereocenters. The van der Waals surface area contributed by atoms with Crippen LogP contribution in [0.1, 0.15) is 538 Å². The number of benzene rings is 2. The van der Waals surface area contributed by atoms with Gasteiger partial charge in [0.05, 0.1) is 0 Å². The van der Waals surface area contributed by atoms with E-state index in [1.165, 1.54) is 470 Å². The largest absolute Gasteiger partial charge is 2.00 e. The van der Waals surface area contributed by atoms with Gasteiger partial charge in [-0.2, -0.15) is 12.8 Å². The van der Waals surface area contributed by atoms with E-state index in [0.29, 0.717) is 0 Å². The molecule has 0 unspecified atom stereocenters. The minimum Gasteiger partial charge on any atom is -0.493 e. The average molecular weight is 1500 g/mol. The molecule has 612 valence electrons. The summed E-state index contributed by atoms with van der Waals surface area (Å²) in [6.45, 7) is 19.2. The van der Waals surface area contributed by atoms with E-state index >= 15 is 0 Å². The van der Waals surface area contributed by atoms with Gasteiger partial charge in [-0.15, -0.1) is 0 Å². The van der Waals surface area contributed by atoms with Crippen molar-refractivity contribution in [1.82, 2.24) is 0 Å². The molecule has 1 aliphatic rings. The van der Waals surface area contributed by atoms with Gasteiger partial charge in [0.1, 0.15) is 0 Å². The number of hydrogen-bond acceptors (Lipinski definition) is 0. The van der Waals surface area contributed by atoms with Crippen molar-refractivity contribution >= 4 is 11.4 Å². The molecular formula is C102H184N2Ni. The second-order valence-corrected chi connectivity index (χ2v) is 33.1. The SMILES string of the molecule is CCCCCCCCCCCCCCCCCCCCCCCCCC=CCCCc1ccccc1C1=CC(CCCCCC)=C(c2cccc(CCCC)c2)[N+]1=[N-].[CH2-]CCCCCCCCCCCCCCCCCCCCCC.[CH2-]CCCCCCCCCCCCCCCCCCCCCC.[Ni+2]. The number of unbranched alkanes of at least 4 members (excludes halogenated alkanes) is 68. The summed E-state index contributed by atoms with van der Waals surface area (Å²) in [4.78, 5) is 0. The van der Waals surface area contributed by atoms with Gasteiger partial charge in [0.2, 0.25) is 11.4 Å². The number of hydrogen-bond donors (Lipinski definition) is 0. The maximum absolute atomic E-state index is 11.8. The summed E-state index contributed by atoms with van der Waals surface area (Å²) in [5.41, 5.74) is 20.0. The van der Waals surface area contributed by atoms with Crippen LogP contribution in [0.4, 0.5) is 0 Å². The van der Waals surface area contributed by atoms with Crippen molar-refractivity contribution < 1.29 is 21.2 Å². The molecule has 1 heterocycles. The van der Waals surface area contributed by atoms with E-state index in [4.69, 9.17) is 0 Å². The number of nitrogens with zero attached hydrogens (tertiary/aromatic N) is 2. The van der Waals surface area contributed by atoms with Crippen molar-refractivity contribution in [2.24, 2.45) is 0 Å². The zero-order chi connectivity index (χ0) is 74.8. The minimum atomic E-state index is 0. The molecule has 1 aliphatic heterocycles. The van der Waals surface area contributed by atoms with Gasteiger partial charge in [0.25, 0.3) is 0 Å². The molecule has 2 aromatic carbocycles. The summed E-state index contributed by atoms with van der Waals surface area (Å²) in [5.74, 6) is 0. The van der Waals surface area contributed by atoms with E-state index in [0.717, 1.165) is 68.3 Å². The first-order valence-corrected chi connectivity index (χ1v) is 47.9. The van der Waals surface area contributed by atoms with Crippen LogP contribution in [0.5, 0.6) is 0 Å². The van der Waals surface area contributed by atoms with Crippen LogP contribution in [0, 0.1) is 13.8 Å². The smallest absolute Gasteiger partial charge is 0.493 e. The van der Waals surface area contributed by atoms with Gasteiger partial charge in [-0.05, 0) is 87.1 Å². The second kappa shape index (κ2) is 85.7. The Kier molecular flexibility index (Phi) is 83.9. The van der Waals surface area contributed by atoms with Crippen molar-refractivity contribution in [1.29, 1.82) is 0 Å². The van der Waals surface area contributed by atoms with Crippen LogP contribution in [0.25, 0.3) is 16.9 Å². The molecule has 0 aromatic heterocycles. The maximum Gasteiger partial charge on any atom is 2.00 e. The zero-order valence-corrected chi connectivity index (χ0v) is 72.9. The molecule has 0 saturated carbocycles. The summed E-state index contributed by atoms with van der Waals surface area (Å²) >= 11 is 0. The van der Waals surface area contributed by atoms with E-state index in [1.54, 1.807) is 0 Å². The summed E-state index contributed by atoms with van der Waals surface area (Å²) in [6, 6.07) is 17.6. The van der Waals surface area contributed by atoms with Crippen molar-refractivity contribution in [2.75, 3.05) is 0 Å². The predicted molar refractivity (Wildman–Crippen MR) is 473 cm³/mol. The quantitative estimate of drug-likeness (QED) is 0.0207. The Morgan fingerprint density at radius 3 is 0.895 bits per heavy atom. The summed E-state index contributed by atoms with van der Waals surface area (Å²) in [5, 5.41) is 0. The van der Waals surface area contributed by atoms with Gasteiger partial charge in [-0.25, -0.2) is 4.70 Å². The fraction of sp³-hybridized carbons (Fsp3) is 0.804. The normalized spacial score (nSPS) is 12.1. The summed E-state index contributed by atoms with van der Waals surface area (Å²) in [6.07, 6.45) is 115. The first-order chi connectivity index (χ1) is 51.5. The van der Waals surface area contributed by atoms with Crippen LogP contribution in [0.15, 0.2) is 72.3 Å². The number of rotatable bonds is 78. The molecule has 0 spiro atoms. The monoisotopic (exact) mass is 1500 g/mol. The van der Waals surface area contributed by atoms with Crippen LogP contribution >= 0.6 is 0 Å². The Balaban J connectivity index is 0.00000189. The Hall–Kier alpha value is -2.25. The molecule has 105 heavy (non-hydrogen) atoms. The van der Waals surface area contributed by atoms with Gasteiger partial charge in [-0.3, -0.25) is 0 Å². The van der Waals surface area contributed by atoms with Gasteiger partial charge < -0.3 is 19.4 Å². The first-order valence-electron chi connectivity index (χ1n) is 47.9. The molecule has 0 bridgehead atoms. The standard InChI is InChI=1S/C56H90N2.2C23H47.Ni/c1-4-7-10-12-13-14-15-16-17-18-19-20-21-22-23-24-25-26-27-28-29-30-31-32-33-34-35-37-43-51-44-38-39-47-54(51)55-49-53(45-36-11-8-5-2)56(58(55)57)52-46-40-42-50(48-52)41-9-6-3;2*1-3-5-7-9-11-13-15-17-19-21-23-22-20-18-16-14-12-10-8-6-4-2;/h33-34,38-40,42,44,46-49H,4-32,35-37,41,43,45H2,1-3H3;2*1,3-23H2,2H3;/q;2*-1;+2. The fourth-order valence-corrected chi connectivity index (χ4v) is 15.8.